The molecule has 330 valence electrons. The molecule has 0 spiro atoms. The van der Waals surface area contributed by atoms with E-state index in [1.807, 2.05) is 11.3 Å². The fourth-order valence-electron chi connectivity index (χ4n) is 10.2. The Morgan fingerprint density at radius 3 is 1.30 bits per heavy atom. The highest BCUT2D eigenvalue weighted by molar-refractivity contribution is 8.00. The summed E-state index contributed by atoms with van der Waals surface area (Å²) in [5, 5.41) is 4.46. The SMILES string of the molecule is c1ccc(N(c2ccccc2)c2c(CCSC3CCCCCCCCCCCCC3)ccc3c2sc2cc(CCSC4CCCCCCCCCCCCCC4)ccc23)cc1. The molecule has 0 atom stereocenters. The maximum atomic E-state index is 2.57. The van der Waals surface area contributed by atoms with Gasteiger partial charge in [0.1, 0.15) is 0 Å². The fraction of sp³-hybridized carbons (Fsp3) is 0.579. The van der Waals surface area contributed by atoms with Crippen molar-refractivity contribution in [3.63, 3.8) is 0 Å². The lowest BCUT2D eigenvalue weighted by molar-refractivity contribution is 0.509. The van der Waals surface area contributed by atoms with E-state index in [0.29, 0.717) is 0 Å². The van der Waals surface area contributed by atoms with Crippen LogP contribution >= 0.6 is 34.9 Å². The monoisotopic (exact) mass is 874 g/mol. The minimum atomic E-state index is 0.796. The number of hydrogen-bond donors (Lipinski definition) is 0. The van der Waals surface area contributed by atoms with Crippen LogP contribution in [0.3, 0.4) is 0 Å². The van der Waals surface area contributed by atoms with Crippen LogP contribution < -0.4 is 4.90 Å². The van der Waals surface area contributed by atoms with Gasteiger partial charge in [0.05, 0.1) is 10.4 Å². The molecule has 0 unspecified atom stereocenters. The molecule has 61 heavy (non-hydrogen) atoms. The molecule has 2 aliphatic rings. The van der Waals surface area contributed by atoms with Crippen molar-refractivity contribution < 1.29 is 0 Å². The third-order valence-corrected chi connectivity index (χ3v) is 17.8. The van der Waals surface area contributed by atoms with Gasteiger partial charge in [-0.1, -0.05) is 208 Å². The molecule has 0 amide bonds. The maximum Gasteiger partial charge on any atom is 0.0672 e. The zero-order chi connectivity index (χ0) is 41.6. The topological polar surface area (TPSA) is 3.24 Å². The Morgan fingerprint density at radius 1 is 0.426 bits per heavy atom. The number of anilines is 3. The summed E-state index contributed by atoms with van der Waals surface area (Å²) in [4.78, 5) is 2.57. The van der Waals surface area contributed by atoms with Crippen molar-refractivity contribution in [3.8, 4) is 0 Å². The Labute approximate surface area is 385 Å². The average Bonchev–Trinajstić information content (AvgIpc) is 3.66. The van der Waals surface area contributed by atoms with Crippen LogP contribution in [0.1, 0.15) is 184 Å². The Balaban J connectivity index is 1.10. The summed E-state index contributed by atoms with van der Waals surface area (Å²) >= 11 is 6.61. The summed E-state index contributed by atoms with van der Waals surface area (Å²) in [7, 11) is 0. The normalized spacial score (nSPS) is 18.6. The molecular formula is C57H79NS3. The summed E-state index contributed by atoms with van der Waals surface area (Å²) in [6, 6.07) is 34.8. The van der Waals surface area contributed by atoms with Crippen molar-refractivity contribution in [2.75, 3.05) is 16.4 Å². The van der Waals surface area contributed by atoms with E-state index in [9.17, 15) is 0 Å². The molecular weight excluding hydrogens is 795 g/mol. The molecule has 0 aliphatic heterocycles. The zero-order valence-electron chi connectivity index (χ0n) is 37.9. The number of nitrogens with zero attached hydrogens (tertiary/aromatic N) is 1. The van der Waals surface area contributed by atoms with Crippen LogP contribution in [0.4, 0.5) is 17.1 Å². The predicted molar refractivity (Wildman–Crippen MR) is 279 cm³/mol. The standard InChI is InChI=1S/C57H79NS3/c1-2-5-9-13-17-27-35-51(34-26-16-12-8-4-1)59-44-42-47-38-40-53-54-41-39-48(43-45-60-52-36-28-18-14-10-6-3-7-11-15-19-29-37-52)56(57(54)61-55(53)46-47)58(49-30-22-20-23-31-49)50-32-24-21-25-33-50/h20-25,30-33,38-41,46,51-52H,1-19,26-29,34-37,42-45H2. The molecule has 4 heteroatoms. The molecule has 4 aromatic carbocycles. The lowest BCUT2D eigenvalue weighted by atomic mass is 10.0. The number of thioether (sulfide) groups is 2. The van der Waals surface area contributed by atoms with E-state index in [0.717, 1.165) is 16.9 Å². The Kier molecular flexibility index (Phi) is 20.7. The molecule has 2 fully saturated rings. The Hall–Kier alpha value is -2.40. The molecule has 1 heterocycles. The van der Waals surface area contributed by atoms with Crippen LogP contribution in [0.15, 0.2) is 91.0 Å². The minimum absolute atomic E-state index is 0.796. The predicted octanol–water partition coefficient (Wildman–Crippen LogP) is 19.4. The van der Waals surface area contributed by atoms with Gasteiger partial charge in [-0.25, -0.2) is 0 Å². The summed E-state index contributed by atoms with van der Waals surface area (Å²) < 4.78 is 2.88. The Morgan fingerprint density at radius 2 is 0.836 bits per heavy atom. The van der Waals surface area contributed by atoms with E-state index in [-0.39, 0.29) is 0 Å². The first kappa shape index (κ1) is 46.6. The molecule has 5 aromatic rings. The molecule has 1 nitrogen and oxygen atoms in total. The van der Waals surface area contributed by atoms with Crippen molar-refractivity contribution in [1.82, 2.24) is 0 Å². The minimum Gasteiger partial charge on any atom is -0.309 e. The number of aryl methyl sites for hydroxylation is 2. The van der Waals surface area contributed by atoms with Crippen LogP contribution in [0.5, 0.6) is 0 Å². The molecule has 0 saturated heterocycles. The van der Waals surface area contributed by atoms with Crippen LogP contribution in [0, 0.1) is 0 Å². The van der Waals surface area contributed by atoms with Gasteiger partial charge in [0.15, 0.2) is 0 Å². The third-order valence-electron chi connectivity index (χ3n) is 13.8. The summed E-state index contributed by atoms with van der Waals surface area (Å²) in [6.07, 6.45) is 41.1. The smallest absolute Gasteiger partial charge is 0.0672 e. The lowest BCUT2D eigenvalue weighted by Crippen LogP contribution is -2.13. The summed E-state index contributed by atoms with van der Waals surface area (Å²) in [5.41, 5.74) is 6.86. The fourth-order valence-corrected chi connectivity index (χ4v) is 14.2. The second-order valence-electron chi connectivity index (χ2n) is 18.7. The van der Waals surface area contributed by atoms with Crippen LogP contribution in [-0.4, -0.2) is 22.0 Å². The quantitative estimate of drug-likeness (QED) is 0.130. The highest BCUT2D eigenvalue weighted by atomic mass is 32.2. The van der Waals surface area contributed by atoms with Gasteiger partial charge in [-0.2, -0.15) is 23.5 Å². The lowest BCUT2D eigenvalue weighted by Gasteiger charge is -2.28. The molecule has 2 saturated carbocycles. The molecule has 7 rings (SSSR count). The van der Waals surface area contributed by atoms with Gasteiger partial charge in [0.25, 0.3) is 0 Å². The second kappa shape index (κ2) is 27.0. The van der Waals surface area contributed by atoms with Gasteiger partial charge in [-0.15, -0.1) is 11.3 Å². The van der Waals surface area contributed by atoms with E-state index in [1.165, 1.54) is 240 Å². The van der Waals surface area contributed by atoms with E-state index < -0.39 is 0 Å². The number of hydrogen-bond acceptors (Lipinski definition) is 4. The largest absolute Gasteiger partial charge is 0.309 e. The third kappa shape index (κ3) is 15.1. The van der Waals surface area contributed by atoms with E-state index in [4.69, 9.17) is 0 Å². The zero-order valence-corrected chi connectivity index (χ0v) is 40.4. The first-order valence-corrected chi connectivity index (χ1v) is 28.4. The van der Waals surface area contributed by atoms with Crippen LogP contribution in [0.25, 0.3) is 20.2 Å². The van der Waals surface area contributed by atoms with Crippen molar-refractivity contribution in [3.05, 3.63) is 102 Å². The van der Waals surface area contributed by atoms with Crippen molar-refractivity contribution in [1.29, 1.82) is 0 Å². The first-order valence-electron chi connectivity index (χ1n) is 25.4. The highest BCUT2D eigenvalue weighted by Gasteiger charge is 2.22. The van der Waals surface area contributed by atoms with Gasteiger partial charge in [0.2, 0.25) is 0 Å². The van der Waals surface area contributed by atoms with Gasteiger partial charge < -0.3 is 4.90 Å². The molecule has 0 N–H and O–H groups in total. The number of fused-ring (bicyclic) bond motifs is 3. The summed E-state index contributed by atoms with van der Waals surface area (Å²) in [6.45, 7) is 0. The van der Waals surface area contributed by atoms with Gasteiger partial charge in [-0.3, -0.25) is 0 Å². The molecule has 0 radical (unpaired) electrons. The maximum absolute atomic E-state index is 2.57. The summed E-state index contributed by atoms with van der Waals surface area (Å²) in [5.74, 6) is 2.43. The number of benzene rings is 4. The van der Waals surface area contributed by atoms with Gasteiger partial charge >= 0.3 is 0 Å². The van der Waals surface area contributed by atoms with Gasteiger partial charge in [0, 0.05) is 37.3 Å². The number of para-hydroxylation sites is 2. The average molecular weight is 874 g/mol. The van der Waals surface area contributed by atoms with Crippen LogP contribution in [0.2, 0.25) is 0 Å². The molecule has 0 bridgehead atoms. The number of rotatable bonds is 11. The van der Waals surface area contributed by atoms with E-state index in [1.54, 1.807) is 0 Å². The number of thiophene rings is 1. The van der Waals surface area contributed by atoms with E-state index >= 15 is 0 Å². The van der Waals surface area contributed by atoms with Crippen LogP contribution in [-0.2, 0) is 12.8 Å². The molecule has 2 aliphatic carbocycles. The Bertz CT molecular complexity index is 1870. The van der Waals surface area contributed by atoms with E-state index in [2.05, 4.69) is 119 Å². The first-order chi connectivity index (χ1) is 30.3. The second-order valence-corrected chi connectivity index (χ2v) is 22.5. The van der Waals surface area contributed by atoms with Crippen molar-refractivity contribution in [2.24, 2.45) is 0 Å². The highest BCUT2D eigenvalue weighted by Crippen LogP contribution is 2.47. The molecule has 1 aromatic heterocycles. The van der Waals surface area contributed by atoms with Crippen molar-refractivity contribution in [2.45, 2.75) is 197 Å². The van der Waals surface area contributed by atoms with Gasteiger partial charge in [-0.05, 0) is 91.5 Å². The van der Waals surface area contributed by atoms with Crippen molar-refractivity contribution >= 4 is 72.1 Å².